The van der Waals surface area contributed by atoms with Gasteiger partial charge in [-0.2, -0.15) is 0 Å². The first-order valence-corrected chi connectivity index (χ1v) is 6.29. The molecule has 1 unspecified atom stereocenters. The van der Waals surface area contributed by atoms with Gasteiger partial charge >= 0.3 is 0 Å². The highest BCUT2D eigenvalue weighted by atomic mass is 127. The van der Waals surface area contributed by atoms with E-state index in [1.54, 1.807) is 0 Å². The first-order valence-electron chi connectivity index (χ1n) is 5.21. The van der Waals surface area contributed by atoms with Crippen LogP contribution >= 0.6 is 22.6 Å². The molecule has 0 N–H and O–H groups in total. The molecule has 1 aromatic heterocycles. The SMILES string of the molecule is CC(C)CC(C)N(C)c1ncc(I)cn1. The summed E-state index contributed by atoms with van der Waals surface area (Å²) in [5.41, 5.74) is 0. The Morgan fingerprint density at radius 2 is 1.80 bits per heavy atom. The second kappa shape index (κ2) is 5.63. The van der Waals surface area contributed by atoms with Crippen LogP contribution in [0.1, 0.15) is 27.2 Å². The highest BCUT2D eigenvalue weighted by Gasteiger charge is 2.13. The molecule has 84 valence electrons. The van der Waals surface area contributed by atoms with Gasteiger partial charge in [0.1, 0.15) is 0 Å². The molecular formula is C11H18IN3. The molecule has 3 nitrogen and oxygen atoms in total. The maximum atomic E-state index is 4.31. The Hall–Kier alpha value is -0.390. The topological polar surface area (TPSA) is 29.0 Å². The predicted molar refractivity (Wildman–Crippen MR) is 72.1 cm³/mol. The zero-order valence-electron chi connectivity index (χ0n) is 9.74. The summed E-state index contributed by atoms with van der Waals surface area (Å²) in [6.07, 6.45) is 4.86. The maximum absolute atomic E-state index is 4.31. The molecule has 0 radical (unpaired) electrons. The Morgan fingerprint density at radius 3 is 2.27 bits per heavy atom. The summed E-state index contributed by atoms with van der Waals surface area (Å²) < 4.78 is 1.07. The molecule has 1 aromatic rings. The maximum Gasteiger partial charge on any atom is 0.225 e. The smallest absolute Gasteiger partial charge is 0.225 e. The molecule has 4 heteroatoms. The van der Waals surface area contributed by atoms with Gasteiger partial charge in [0.15, 0.2) is 0 Å². The summed E-state index contributed by atoms with van der Waals surface area (Å²) in [5, 5.41) is 0. The lowest BCUT2D eigenvalue weighted by atomic mass is 10.0. The van der Waals surface area contributed by atoms with Gasteiger partial charge in [-0.3, -0.25) is 0 Å². The fourth-order valence-corrected chi connectivity index (χ4v) is 1.80. The number of halogens is 1. The molecule has 0 aliphatic rings. The largest absolute Gasteiger partial charge is 0.341 e. The Bertz CT molecular complexity index is 297. The van der Waals surface area contributed by atoms with Crippen LogP contribution in [-0.4, -0.2) is 23.1 Å². The van der Waals surface area contributed by atoms with Crippen LogP contribution in [-0.2, 0) is 0 Å². The van der Waals surface area contributed by atoms with Gasteiger partial charge < -0.3 is 4.90 Å². The molecule has 0 bridgehead atoms. The van der Waals surface area contributed by atoms with Crippen LogP contribution in [0.5, 0.6) is 0 Å². The third kappa shape index (κ3) is 3.93. The van der Waals surface area contributed by atoms with E-state index >= 15 is 0 Å². The minimum absolute atomic E-state index is 0.477. The molecule has 15 heavy (non-hydrogen) atoms. The predicted octanol–water partition coefficient (Wildman–Crippen LogP) is 2.95. The van der Waals surface area contributed by atoms with E-state index in [-0.39, 0.29) is 0 Å². The third-order valence-electron chi connectivity index (χ3n) is 2.40. The van der Waals surface area contributed by atoms with Crippen molar-refractivity contribution in [2.24, 2.45) is 5.92 Å². The Labute approximate surface area is 105 Å². The first-order chi connectivity index (χ1) is 7.00. The van der Waals surface area contributed by atoms with E-state index in [2.05, 4.69) is 65.3 Å². The van der Waals surface area contributed by atoms with Crippen LogP contribution in [0.25, 0.3) is 0 Å². The van der Waals surface area contributed by atoms with E-state index in [4.69, 9.17) is 0 Å². The summed E-state index contributed by atoms with van der Waals surface area (Å²) in [6.45, 7) is 6.68. The van der Waals surface area contributed by atoms with E-state index < -0.39 is 0 Å². The lowest BCUT2D eigenvalue weighted by Crippen LogP contribution is -2.31. The Balaban J connectivity index is 2.67. The van der Waals surface area contributed by atoms with E-state index in [0.29, 0.717) is 12.0 Å². The van der Waals surface area contributed by atoms with E-state index in [1.807, 2.05) is 12.4 Å². The molecule has 1 atom stereocenters. The minimum Gasteiger partial charge on any atom is -0.341 e. The fraction of sp³-hybridized carbons (Fsp3) is 0.636. The van der Waals surface area contributed by atoms with Gasteiger partial charge in [0.2, 0.25) is 5.95 Å². The van der Waals surface area contributed by atoms with Crippen LogP contribution in [0.15, 0.2) is 12.4 Å². The molecule has 0 amide bonds. The van der Waals surface area contributed by atoms with Crippen molar-refractivity contribution in [2.75, 3.05) is 11.9 Å². The Kier molecular flexibility index (Phi) is 4.76. The quantitative estimate of drug-likeness (QED) is 0.799. The summed E-state index contributed by atoms with van der Waals surface area (Å²) in [5.74, 6) is 1.51. The normalized spacial score (nSPS) is 12.9. The van der Waals surface area contributed by atoms with Crippen molar-refractivity contribution < 1.29 is 0 Å². The standard InChI is InChI=1S/C11H18IN3/c1-8(2)5-9(3)15(4)11-13-6-10(12)7-14-11/h6-9H,5H2,1-4H3. The van der Waals surface area contributed by atoms with E-state index in [9.17, 15) is 0 Å². The number of anilines is 1. The monoisotopic (exact) mass is 319 g/mol. The van der Waals surface area contributed by atoms with Gasteiger partial charge in [0.25, 0.3) is 0 Å². The van der Waals surface area contributed by atoms with Crippen LogP contribution in [0.2, 0.25) is 0 Å². The van der Waals surface area contributed by atoms with Crippen LogP contribution < -0.4 is 4.90 Å². The summed E-state index contributed by atoms with van der Waals surface area (Å²) in [4.78, 5) is 10.8. The molecule has 1 heterocycles. The summed E-state index contributed by atoms with van der Waals surface area (Å²) in [7, 11) is 2.05. The van der Waals surface area contributed by atoms with Crippen molar-refractivity contribution >= 4 is 28.5 Å². The molecule has 1 rings (SSSR count). The van der Waals surface area contributed by atoms with E-state index in [0.717, 1.165) is 15.9 Å². The number of hydrogen-bond donors (Lipinski definition) is 0. The van der Waals surface area contributed by atoms with Gasteiger partial charge in [0.05, 0.1) is 0 Å². The average Bonchev–Trinajstić information content (AvgIpc) is 2.17. The highest BCUT2D eigenvalue weighted by molar-refractivity contribution is 14.1. The van der Waals surface area contributed by atoms with Crippen LogP contribution in [0, 0.1) is 9.49 Å². The molecule has 0 fully saturated rings. The zero-order chi connectivity index (χ0) is 11.4. The third-order valence-corrected chi connectivity index (χ3v) is 2.95. The second-order valence-corrected chi connectivity index (χ2v) is 5.54. The van der Waals surface area contributed by atoms with Crippen molar-refractivity contribution in [1.82, 2.24) is 9.97 Å². The second-order valence-electron chi connectivity index (χ2n) is 4.29. The molecule has 0 aromatic carbocycles. The lowest BCUT2D eigenvalue weighted by Gasteiger charge is -2.26. The lowest BCUT2D eigenvalue weighted by molar-refractivity contribution is 0.499. The van der Waals surface area contributed by atoms with Crippen LogP contribution in [0.3, 0.4) is 0 Å². The molecule has 0 aliphatic heterocycles. The van der Waals surface area contributed by atoms with Crippen molar-refractivity contribution in [3.8, 4) is 0 Å². The number of nitrogens with zero attached hydrogens (tertiary/aromatic N) is 3. The molecular weight excluding hydrogens is 301 g/mol. The van der Waals surface area contributed by atoms with Crippen molar-refractivity contribution in [1.29, 1.82) is 0 Å². The molecule has 0 spiro atoms. The number of hydrogen-bond acceptors (Lipinski definition) is 3. The summed E-state index contributed by atoms with van der Waals surface area (Å²) >= 11 is 2.21. The van der Waals surface area contributed by atoms with Gasteiger partial charge in [0, 0.05) is 29.1 Å². The van der Waals surface area contributed by atoms with Crippen molar-refractivity contribution in [2.45, 2.75) is 33.2 Å². The molecule has 0 saturated carbocycles. The van der Waals surface area contributed by atoms with Crippen molar-refractivity contribution in [3.63, 3.8) is 0 Å². The Morgan fingerprint density at radius 1 is 1.27 bits per heavy atom. The first kappa shape index (κ1) is 12.7. The number of rotatable bonds is 4. The average molecular weight is 319 g/mol. The van der Waals surface area contributed by atoms with Gasteiger partial charge in [-0.25, -0.2) is 9.97 Å². The minimum atomic E-state index is 0.477. The van der Waals surface area contributed by atoms with Gasteiger partial charge in [-0.15, -0.1) is 0 Å². The van der Waals surface area contributed by atoms with Gasteiger partial charge in [-0.1, -0.05) is 13.8 Å². The zero-order valence-corrected chi connectivity index (χ0v) is 11.9. The number of aromatic nitrogens is 2. The van der Waals surface area contributed by atoms with Gasteiger partial charge in [-0.05, 0) is 41.9 Å². The molecule has 0 saturated heterocycles. The van der Waals surface area contributed by atoms with Crippen LogP contribution in [0.4, 0.5) is 5.95 Å². The van der Waals surface area contributed by atoms with E-state index in [1.165, 1.54) is 0 Å². The highest BCUT2D eigenvalue weighted by Crippen LogP contribution is 2.14. The van der Waals surface area contributed by atoms with Crippen molar-refractivity contribution in [3.05, 3.63) is 16.0 Å². The fourth-order valence-electron chi connectivity index (χ4n) is 1.53. The summed E-state index contributed by atoms with van der Waals surface area (Å²) in [6, 6.07) is 0.477. The molecule has 0 aliphatic carbocycles.